The zero-order valence-corrected chi connectivity index (χ0v) is 13.1. The average Bonchev–Trinajstić information content (AvgIpc) is 2.43. The fourth-order valence-electron chi connectivity index (χ4n) is 1.84. The Hall–Kier alpha value is -1.58. The van der Waals surface area contributed by atoms with Crippen molar-refractivity contribution in [2.24, 2.45) is 0 Å². The number of nitrogens with one attached hydrogen (secondary N) is 2. The Bertz CT molecular complexity index is 608. The molecule has 0 aromatic heterocycles. The van der Waals surface area contributed by atoms with Crippen LogP contribution in [0.5, 0.6) is 0 Å². The van der Waals surface area contributed by atoms with Gasteiger partial charge < -0.3 is 10.6 Å². The molecular formula is C16H17ClN2S. The molecule has 0 bridgehead atoms. The summed E-state index contributed by atoms with van der Waals surface area (Å²) >= 11 is 11.3. The van der Waals surface area contributed by atoms with E-state index < -0.39 is 0 Å². The van der Waals surface area contributed by atoms with Gasteiger partial charge in [-0.25, -0.2) is 0 Å². The van der Waals surface area contributed by atoms with Crippen LogP contribution in [0.15, 0.2) is 42.5 Å². The normalized spacial score (nSPS) is 10.2. The van der Waals surface area contributed by atoms with Crippen molar-refractivity contribution in [3.05, 3.63) is 58.6 Å². The summed E-state index contributed by atoms with van der Waals surface area (Å²) in [6, 6.07) is 13.9. The molecule has 0 heterocycles. The molecule has 4 heteroatoms. The predicted molar refractivity (Wildman–Crippen MR) is 91.9 cm³/mol. The quantitative estimate of drug-likeness (QED) is 0.779. The number of benzene rings is 2. The van der Waals surface area contributed by atoms with E-state index in [0.717, 1.165) is 23.4 Å². The molecule has 0 aliphatic heterocycles. The Kier molecular flexibility index (Phi) is 4.99. The molecule has 104 valence electrons. The summed E-state index contributed by atoms with van der Waals surface area (Å²) in [5.74, 6) is 0. The Morgan fingerprint density at radius 3 is 2.45 bits per heavy atom. The molecule has 2 nitrogen and oxygen atoms in total. The summed E-state index contributed by atoms with van der Waals surface area (Å²) in [7, 11) is 0. The monoisotopic (exact) mass is 304 g/mol. The number of halogens is 1. The van der Waals surface area contributed by atoms with Crippen LogP contribution in [0.25, 0.3) is 0 Å². The van der Waals surface area contributed by atoms with Crippen LogP contribution in [0.1, 0.15) is 18.1 Å². The molecular weight excluding hydrogens is 288 g/mol. The smallest absolute Gasteiger partial charge is 0.175 e. The fourth-order valence-corrected chi connectivity index (χ4v) is 2.24. The van der Waals surface area contributed by atoms with Crippen LogP contribution >= 0.6 is 23.8 Å². The van der Waals surface area contributed by atoms with E-state index in [2.05, 4.69) is 29.7 Å². The molecule has 0 aliphatic carbocycles. The van der Waals surface area contributed by atoms with Gasteiger partial charge in [-0.2, -0.15) is 0 Å². The lowest BCUT2D eigenvalue weighted by Crippen LogP contribution is -2.19. The third-order valence-electron chi connectivity index (χ3n) is 3.07. The van der Waals surface area contributed by atoms with E-state index in [-0.39, 0.29) is 0 Å². The standard InChI is InChI=1S/C16H17ClN2S/c1-3-12-5-8-14(9-6-12)18-16(20)19-15-10-13(17)7-4-11(15)2/h4-10H,3H2,1-2H3,(H2,18,19,20). The third kappa shape index (κ3) is 3.95. The van der Waals surface area contributed by atoms with Crippen LogP contribution in [0.2, 0.25) is 5.02 Å². The first-order chi connectivity index (χ1) is 9.58. The van der Waals surface area contributed by atoms with E-state index in [9.17, 15) is 0 Å². The Morgan fingerprint density at radius 1 is 1.10 bits per heavy atom. The molecule has 0 spiro atoms. The molecule has 2 rings (SSSR count). The van der Waals surface area contributed by atoms with E-state index >= 15 is 0 Å². The lowest BCUT2D eigenvalue weighted by atomic mass is 10.1. The molecule has 2 aromatic carbocycles. The maximum atomic E-state index is 5.99. The van der Waals surface area contributed by atoms with Gasteiger partial charge in [0.15, 0.2) is 5.11 Å². The summed E-state index contributed by atoms with van der Waals surface area (Å²) in [5, 5.41) is 7.57. The molecule has 0 unspecified atom stereocenters. The van der Waals surface area contributed by atoms with Crippen molar-refractivity contribution in [1.29, 1.82) is 0 Å². The van der Waals surface area contributed by atoms with E-state index in [0.29, 0.717) is 10.1 Å². The van der Waals surface area contributed by atoms with Gasteiger partial charge in [0.25, 0.3) is 0 Å². The first-order valence-electron chi connectivity index (χ1n) is 6.51. The zero-order valence-electron chi connectivity index (χ0n) is 11.5. The fraction of sp³-hybridized carbons (Fsp3) is 0.188. The SMILES string of the molecule is CCc1ccc(NC(=S)Nc2cc(Cl)ccc2C)cc1. The zero-order chi connectivity index (χ0) is 14.5. The van der Waals surface area contributed by atoms with E-state index in [4.69, 9.17) is 23.8 Å². The van der Waals surface area contributed by atoms with Crippen LogP contribution in [0.4, 0.5) is 11.4 Å². The number of hydrogen-bond donors (Lipinski definition) is 2. The van der Waals surface area contributed by atoms with Gasteiger partial charge in [0.05, 0.1) is 0 Å². The molecule has 0 saturated carbocycles. The van der Waals surface area contributed by atoms with Gasteiger partial charge in [-0.1, -0.05) is 36.7 Å². The number of rotatable bonds is 3. The second-order valence-corrected chi connectivity index (χ2v) is 5.43. The van der Waals surface area contributed by atoms with Gasteiger partial charge in [-0.3, -0.25) is 0 Å². The Labute approximate surface area is 130 Å². The number of thiocarbonyl (C=S) groups is 1. The number of hydrogen-bond acceptors (Lipinski definition) is 1. The van der Waals surface area contributed by atoms with Crippen molar-refractivity contribution < 1.29 is 0 Å². The molecule has 20 heavy (non-hydrogen) atoms. The van der Waals surface area contributed by atoms with Crippen molar-refractivity contribution in [1.82, 2.24) is 0 Å². The molecule has 0 saturated heterocycles. The van der Waals surface area contributed by atoms with Crippen molar-refractivity contribution in [2.45, 2.75) is 20.3 Å². The maximum Gasteiger partial charge on any atom is 0.175 e. The summed E-state index contributed by atoms with van der Waals surface area (Å²) < 4.78 is 0. The largest absolute Gasteiger partial charge is 0.332 e. The lowest BCUT2D eigenvalue weighted by molar-refractivity contribution is 1.14. The van der Waals surface area contributed by atoms with E-state index in [1.807, 2.05) is 37.3 Å². The third-order valence-corrected chi connectivity index (χ3v) is 3.51. The van der Waals surface area contributed by atoms with Crippen molar-refractivity contribution in [2.75, 3.05) is 10.6 Å². The highest BCUT2D eigenvalue weighted by atomic mass is 35.5. The first-order valence-corrected chi connectivity index (χ1v) is 7.30. The summed E-state index contributed by atoms with van der Waals surface area (Å²) in [4.78, 5) is 0. The van der Waals surface area contributed by atoms with Gasteiger partial charge >= 0.3 is 0 Å². The summed E-state index contributed by atoms with van der Waals surface area (Å²) in [5.41, 5.74) is 4.29. The van der Waals surface area contributed by atoms with Gasteiger partial charge in [0.1, 0.15) is 0 Å². The van der Waals surface area contributed by atoms with Crippen molar-refractivity contribution in [3.8, 4) is 0 Å². The molecule has 0 radical (unpaired) electrons. The van der Waals surface area contributed by atoms with Gasteiger partial charge in [-0.05, 0) is 61.0 Å². The van der Waals surface area contributed by atoms with Gasteiger partial charge in [0, 0.05) is 16.4 Å². The lowest BCUT2D eigenvalue weighted by Gasteiger charge is -2.13. The van der Waals surface area contributed by atoms with Crippen molar-refractivity contribution >= 4 is 40.3 Å². The van der Waals surface area contributed by atoms with Crippen LogP contribution in [0, 0.1) is 6.92 Å². The second kappa shape index (κ2) is 6.73. The minimum absolute atomic E-state index is 0.555. The topological polar surface area (TPSA) is 24.1 Å². The highest BCUT2D eigenvalue weighted by molar-refractivity contribution is 7.80. The molecule has 0 fully saturated rings. The predicted octanol–water partition coefficient (Wildman–Crippen LogP) is 5.02. The van der Waals surface area contributed by atoms with Crippen LogP contribution in [-0.2, 0) is 6.42 Å². The average molecular weight is 305 g/mol. The van der Waals surface area contributed by atoms with Crippen LogP contribution < -0.4 is 10.6 Å². The highest BCUT2D eigenvalue weighted by Gasteiger charge is 2.03. The maximum absolute atomic E-state index is 5.99. The van der Waals surface area contributed by atoms with E-state index in [1.54, 1.807) is 0 Å². The first kappa shape index (κ1) is 14.8. The second-order valence-electron chi connectivity index (χ2n) is 4.59. The minimum atomic E-state index is 0.555. The van der Waals surface area contributed by atoms with Crippen LogP contribution in [-0.4, -0.2) is 5.11 Å². The molecule has 0 amide bonds. The number of aryl methyl sites for hydroxylation is 2. The summed E-state index contributed by atoms with van der Waals surface area (Å²) in [6.45, 7) is 4.15. The van der Waals surface area contributed by atoms with E-state index in [1.165, 1.54) is 5.56 Å². The molecule has 0 atom stereocenters. The Balaban J connectivity index is 2.03. The number of anilines is 2. The van der Waals surface area contributed by atoms with Gasteiger partial charge in [-0.15, -0.1) is 0 Å². The molecule has 2 aromatic rings. The van der Waals surface area contributed by atoms with Crippen LogP contribution in [0.3, 0.4) is 0 Å². The highest BCUT2D eigenvalue weighted by Crippen LogP contribution is 2.20. The Morgan fingerprint density at radius 2 is 1.80 bits per heavy atom. The van der Waals surface area contributed by atoms with Gasteiger partial charge in [0.2, 0.25) is 0 Å². The van der Waals surface area contributed by atoms with Crippen molar-refractivity contribution in [3.63, 3.8) is 0 Å². The molecule has 0 aliphatic rings. The molecule has 2 N–H and O–H groups in total. The summed E-state index contributed by atoms with van der Waals surface area (Å²) in [6.07, 6.45) is 1.03. The minimum Gasteiger partial charge on any atom is -0.332 e.